The highest BCUT2D eigenvalue weighted by molar-refractivity contribution is 7.89. The van der Waals surface area contributed by atoms with Crippen molar-refractivity contribution in [3.05, 3.63) is 48.3 Å². The molecule has 1 aromatic carbocycles. The van der Waals surface area contributed by atoms with Crippen LogP contribution >= 0.6 is 0 Å². The molecule has 0 atom stereocenters. The van der Waals surface area contributed by atoms with E-state index in [1.165, 1.54) is 12.3 Å². The molecule has 1 aromatic heterocycles. The maximum Gasteiger partial charge on any atom is 0.242 e. The Kier molecular flexibility index (Phi) is 4.78. The van der Waals surface area contributed by atoms with E-state index in [0.717, 1.165) is 0 Å². The monoisotopic (exact) mass is 295 g/mol. The molecular weight excluding hydrogens is 278 g/mol. The zero-order valence-corrected chi connectivity index (χ0v) is 11.7. The van der Waals surface area contributed by atoms with Gasteiger partial charge in [-0.3, -0.25) is 0 Å². The van der Waals surface area contributed by atoms with Gasteiger partial charge < -0.3 is 15.5 Å². The summed E-state index contributed by atoms with van der Waals surface area (Å²) in [6.45, 7) is 0.727. The van der Waals surface area contributed by atoms with Crippen molar-refractivity contribution in [2.45, 2.75) is 11.4 Å². The van der Waals surface area contributed by atoms with Crippen molar-refractivity contribution >= 4 is 10.0 Å². The van der Waals surface area contributed by atoms with Gasteiger partial charge >= 0.3 is 0 Å². The molecule has 0 amide bonds. The molecule has 6 nitrogen and oxygen atoms in total. The largest absolute Gasteiger partial charge is 0.492 e. The first-order valence-electron chi connectivity index (χ1n) is 6.17. The predicted octanol–water partition coefficient (Wildman–Crippen LogP) is 0.831. The molecule has 1 heterocycles. The van der Waals surface area contributed by atoms with Crippen LogP contribution in [0.3, 0.4) is 0 Å². The third-order valence-electron chi connectivity index (χ3n) is 2.65. The summed E-state index contributed by atoms with van der Waals surface area (Å²) in [7, 11) is -3.52. The summed E-state index contributed by atoms with van der Waals surface area (Å²) in [4.78, 5) is 2.98. The lowest BCUT2D eigenvalue weighted by atomic mass is 10.3. The van der Waals surface area contributed by atoms with Gasteiger partial charge in [-0.2, -0.15) is 0 Å². The van der Waals surface area contributed by atoms with Crippen molar-refractivity contribution in [2.75, 3.05) is 13.2 Å². The molecular formula is C13H17N3O3S. The Balaban J connectivity index is 1.84. The van der Waals surface area contributed by atoms with Crippen molar-refractivity contribution in [2.24, 2.45) is 5.73 Å². The Morgan fingerprint density at radius 3 is 2.65 bits per heavy atom. The molecule has 2 aromatic rings. The maximum atomic E-state index is 11.9. The third-order valence-corrected chi connectivity index (χ3v) is 4.09. The van der Waals surface area contributed by atoms with Gasteiger partial charge in [-0.1, -0.05) is 18.2 Å². The minimum absolute atomic E-state index is 0.178. The van der Waals surface area contributed by atoms with Crippen LogP contribution in [-0.2, 0) is 16.6 Å². The molecule has 0 saturated heterocycles. The van der Waals surface area contributed by atoms with Crippen LogP contribution in [0.15, 0.2) is 47.5 Å². The Labute approximate surface area is 118 Å². The predicted molar refractivity (Wildman–Crippen MR) is 75.8 cm³/mol. The van der Waals surface area contributed by atoms with Gasteiger partial charge in [-0.05, 0) is 18.2 Å². The molecule has 0 radical (unpaired) electrons. The fraction of sp³-hybridized carbons (Fsp3) is 0.231. The van der Waals surface area contributed by atoms with E-state index in [1.807, 2.05) is 30.3 Å². The number of aromatic amines is 1. The first-order chi connectivity index (χ1) is 9.62. The van der Waals surface area contributed by atoms with Gasteiger partial charge in [0, 0.05) is 25.0 Å². The summed E-state index contributed by atoms with van der Waals surface area (Å²) in [5.74, 6) is 0.707. The average Bonchev–Trinajstić information content (AvgIpc) is 2.95. The second-order valence-corrected chi connectivity index (χ2v) is 5.89. The molecule has 0 saturated carbocycles. The molecule has 2 rings (SSSR count). The fourth-order valence-corrected chi connectivity index (χ4v) is 2.67. The van der Waals surface area contributed by atoms with E-state index in [-0.39, 0.29) is 24.6 Å². The number of rotatable bonds is 7. The first-order valence-corrected chi connectivity index (χ1v) is 7.65. The van der Waals surface area contributed by atoms with Crippen LogP contribution in [0.1, 0.15) is 5.69 Å². The second kappa shape index (κ2) is 6.56. The number of sulfonamides is 1. The molecule has 0 aliphatic rings. The second-order valence-electron chi connectivity index (χ2n) is 4.12. The van der Waals surface area contributed by atoms with Gasteiger partial charge in [0.15, 0.2) is 0 Å². The smallest absolute Gasteiger partial charge is 0.242 e. The summed E-state index contributed by atoms with van der Waals surface area (Å²) in [5.41, 5.74) is 6.10. The molecule has 4 N–H and O–H groups in total. The maximum absolute atomic E-state index is 11.9. The SMILES string of the molecule is NCc1cc(S(=O)(=O)NCCOc2ccccc2)c[nH]1. The number of para-hydroxylation sites is 1. The molecule has 0 bridgehead atoms. The highest BCUT2D eigenvalue weighted by Crippen LogP contribution is 2.10. The van der Waals surface area contributed by atoms with Crippen LogP contribution in [0, 0.1) is 0 Å². The topological polar surface area (TPSA) is 97.2 Å². The molecule has 0 spiro atoms. The van der Waals surface area contributed by atoms with Gasteiger partial charge in [-0.25, -0.2) is 13.1 Å². The van der Waals surface area contributed by atoms with E-state index in [4.69, 9.17) is 10.5 Å². The minimum atomic E-state index is -3.52. The fourth-order valence-electron chi connectivity index (χ4n) is 1.64. The molecule has 108 valence electrons. The number of nitrogens with one attached hydrogen (secondary N) is 2. The number of hydrogen-bond donors (Lipinski definition) is 3. The van der Waals surface area contributed by atoms with Gasteiger partial charge in [0.05, 0.1) is 4.90 Å². The summed E-state index contributed by atoms with van der Waals surface area (Å²) in [6.07, 6.45) is 1.42. The standard InChI is InChI=1S/C13H17N3O3S/c14-9-11-8-13(10-15-11)20(17,18)16-6-7-19-12-4-2-1-3-5-12/h1-5,8,10,15-16H,6-7,9,14H2. The van der Waals surface area contributed by atoms with Gasteiger partial charge in [-0.15, -0.1) is 0 Å². The lowest BCUT2D eigenvalue weighted by Crippen LogP contribution is -2.28. The van der Waals surface area contributed by atoms with Crippen molar-refractivity contribution in [3.63, 3.8) is 0 Å². The summed E-state index contributed by atoms with van der Waals surface area (Å²) < 4.78 is 31.8. The highest BCUT2D eigenvalue weighted by atomic mass is 32.2. The summed E-state index contributed by atoms with van der Waals surface area (Å²) >= 11 is 0. The quantitative estimate of drug-likeness (QED) is 0.659. The van der Waals surface area contributed by atoms with Crippen LogP contribution in [0.2, 0.25) is 0 Å². The van der Waals surface area contributed by atoms with Crippen LogP contribution in [0.4, 0.5) is 0 Å². The van der Waals surface area contributed by atoms with E-state index in [2.05, 4.69) is 9.71 Å². The van der Waals surface area contributed by atoms with Gasteiger partial charge in [0.1, 0.15) is 12.4 Å². The zero-order chi connectivity index (χ0) is 14.4. The number of ether oxygens (including phenoxy) is 1. The van der Waals surface area contributed by atoms with E-state index < -0.39 is 10.0 Å². The number of aromatic nitrogens is 1. The Morgan fingerprint density at radius 1 is 1.25 bits per heavy atom. The van der Waals surface area contributed by atoms with Crippen molar-refractivity contribution in [1.82, 2.24) is 9.71 Å². The number of H-pyrrole nitrogens is 1. The summed E-state index contributed by atoms with van der Waals surface area (Å²) in [5, 5.41) is 0. The van der Waals surface area contributed by atoms with E-state index in [1.54, 1.807) is 0 Å². The van der Waals surface area contributed by atoms with E-state index in [0.29, 0.717) is 11.4 Å². The average molecular weight is 295 g/mol. The van der Waals surface area contributed by atoms with Gasteiger partial charge in [0.2, 0.25) is 10.0 Å². The molecule has 7 heteroatoms. The van der Waals surface area contributed by atoms with Gasteiger partial charge in [0.25, 0.3) is 0 Å². The van der Waals surface area contributed by atoms with Crippen LogP contribution in [0.5, 0.6) is 5.75 Å². The Morgan fingerprint density at radius 2 is 2.00 bits per heavy atom. The first kappa shape index (κ1) is 14.6. The normalized spacial score (nSPS) is 11.4. The summed E-state index contributed by atoms with van der Waals surface area (Å²) in [6, 6.07) is 10.7. The Hall–Kier alpha value is -1.83. The third kappa shape index (κ3) is 3.83. The molecule has 0 unspecified atom stereocenters. The number of benzene rings is 1. The lowest BCUT2D eigenvalue weighted by molar-refractivity contribution is 0.323. The number of hydrogen-bond acceptors (Lipinski definition) is 4. The van der Waals surface area contributed by atoms with Crippen LogP contribution in [-0.4, -0.2) is 26.6 Å². The zero-order valence-electron chi connectivity index (χ0n) is 10.9. The molecule has 0 aliphatic heterocycles. The number of nitrogens with two attached hydrogens (primary N) is 1. The van der Waals surface area contributed by atoms with Crippen molar-refractivity contribution < 1.29 is 13.2 Å². The Bertz CT molecular complexity index is 638. The van der Waals surface area contributed by atoms with Crippen LogP contribution in [0.25, 0.3) is 0 Å². The molecule has 0 fully saturated rings. The van der Waals surface area contributed by atoms with Crippen LogP contribution < -0.4 is 15.2 Å². The molecule has 20 heavy (non-hydrogen) atoms. The lowest BCUT2D eigenvalue weighted by Gasteiger charge is -2.07. The van der Waals surface area contributed by atoms with Crippen molar-refractivity contribution in [3.8, 4) is 5.75 Å². The van der Waals surface area contributed by atoms with E-state index >= 15 is 0 Å². The highest BCUT2D eigenvalue weighted by Gasteiger charge is 2.14. The minimum Gasteiger partial charge on any atom is -0.492 e. The molecule has 0 aliphatic carbocycles. The van der Waals surface area contributed by atoms with Crippen molar-refractivity contribution in [1.29, 1.82) is 0 Å². The van der Waals surface area contributed by atoms with E-state index in [9.17, 15) is 8.42 Å².